The van der Waals surface area contributed by atoms with E-state index >= 15 is 0 Å². The molecule has 1 aliphatic heterocycles. The molecule has 2 amide bonds. The van der Waals surface area contributed by atoms with Gasteiger partial charge in [0.05, 0.1) is 10.7 Å². The van der Waals surface area contributed by atoms with E-state index in [9.17, 15) is 14.0 Å². The van der Waals surface area contributed by atoms with E-state index in [0.717, 1.165) is 11.1 Å². The van der Waals surface area contributed by atoms with Gasteiger partial charge in [-0.1, -0.05) is 23.7 Å². The standard InChI is InChI=1S/C22H24ClFN2O4/c1-12-6-7-13-10-16(25-21(28)30-22(2,3)4)20(27)26(5)18(13)19(12)29-17-11-14(24)8-9-15(17)23/h6-9,11,16H,10H2,1-5H3,(H,25,28)/t16-/m1/s1. The number of ether oxygens (including phenoxy) is 2. The number of amides is 2. The van der Waals surface area contributed by atoms with E-state index in [1.54, 1.807) is 27.8 Å². The molecular formula is C22H24ClFN2O4. The first-order chi connectivity index (χ1) is 14.0. The second-order valence-corrected chi connectivity index (χ2v) is 8.60. The lowest BCUT2D eigenvalue weighted by Gasteiger charge is -2.34. The molecule has 2 aromatic carbocycles. The molecule has 1 aliphatic rings. The first-order valence-electron chi connectivity index (χ1n) is 9.49. The van der Waals surface area contributed by atoms with E-state index < -0.39 is 23.6 Å². The number of alkyl carbamates (subject to hydrolysis) is 1. The fourth-order valence-electron chi connectivity index (χ4n) is 3.25. The van der Waals surface area contributed by atoms with Gasteiger partial charge < -0.3 is 19.7 Å². The molecule has 0 spiro atoms. The van der Waals surface area contributed by atoms with Crippen molar-refractivity contribution in [2.45, 2.75) is 45.8 Å². The lowest BCUT2D eigenvalue weighted by molar-refractivity contribution is -0.120. The smallest absolute Gasteiger partial charge is 0.408 e. The minimum Gasteiger partial charge on any atom is -0.453 e. The highest BCUT2D eigenvalue weighted by Gasteiger charge is 2.35. The number of hydrogen-bond donors (Lipinski definition) is 1. The van der Waals surface area contributed by atoms with Crippen LogP contribution in [-0.2, 0) is 16.0 Å². The van der Waals surface area contributed by atoms with Crippen LogP contribution in [0.5, 0.6) is 11.5 Å². The second kappa shape index (κ2) is 8.14. The van der Waals surface area contributed by atoms with E-state index in [-0.39, 0.29) is 23.1 Å². The van der Waals surface area contributed by atoms with Crippen molar-refractivity contribution >= 4 is 29.3 Å². The molecule has 3 rings (SSSR count). The van der Waals surface area contributed by atoms with Gasteiger partial charge in [0.15, 0.2) is 5.75 Å². The number of carbonyl (C=O) groups excluding carboxylic acids is 2. The lowest BCUT2D eigenvalue weighted by atomic mass is 9.95. The molecular weight excluding hydrogens is 411 g/mol. The summed E-state index contributed by atoms with van der Waals surface area (Å²) in [6.45, 7) is 7.08. The fraction of sp³-hybridized carbons (Fsp3) is 0.364. The Labute approximate surface area is 179 Å². The van der Waals surface area contributed by atoms with Crippen LogP contribution in [0.15, 0.2) is 30.3 Å². The van der Waals surface area contributed by atoms with Gasteiger partial charge in [-0.3, -0.25) is 4.79 Å². The van der Waals surface area contributed by atoms with E-state index in [2.05, 4.69) is 5.32 Å². The largest absolute Gasteiger partial charge is 0.453 e. The number of anilines is 1. The normalized spacial score (nSPS) is 16.2. The number of carbonyl (C=O) groups is 2. The summed E-state index contributed by atoms with van der Waals surface area (Å²) in [5.74, 6) is -0.230. The van der Waals surface area contributed by atoms with Gasteiger partial charge in [-0.15, -0.1) is 0 Å². The lowest BCUT2D eigenvalue weighted by Crippen LogP contribution is -2.52. The third kappa shape index (κ3) is 4.67. The van der Waals surface area contributed by atoms with Crippen molar-refractivity contribution in [3.8, 4) is 11.5 Å². The summed E-state index contributed by atoms with van der Waals surface area (Å²) in [6, 6.07) is 6.79. The first-order valence-corrected chi connectivity index (χ1v) is 9.86. The zero-order valence-electron chi connectivity index (χ0n) is 17.5. The van der Waals surface area contributed by atoms with Crippen LogP contribution in [0.2, 0.25) is 5.02 Å². The maximum absolute atomic E-state index is 13.7. The summed E-state index contributed by atoms with van der Waals surface area (Å²) in [4.78, 5) is 26.5. The predicted molar refractivity (Wildman–Crippen MR) is 113 cm³/mol. The van der Waals surface area contributed by atoms with Crippen LogP contribution >= 0.6 is 11.6 Å². The highest BCUT2D eigenvalue weighted by Crippen LogP contribution is 2.42. The predicted octanol–water partition coefficient (Wildman–Crippen LogP) is 4.99. The van der Waals surface area contributed by atoms with Crippen LogP contribution in [0.1, 0.15) is 31.9 Å². The maximum Gasteiger partial charge on any atom is 0.408 e. The number of aryl methyl sites for hydroxylation is 1. The van der Waals surface area contributed by atoms with E-state index in [4.69, 9.17) is 21.1 Å². The molecule has 8 heteroatoms. The fourth-order valence-corrected chi connectivity index (χ4v) is 3.41. The van der Waals surface area contributed by atoms with Gasteiger partial charge in [0.25, 0.3) is 0 Å². The number of likely N-dealkylation sites (N-methyl/N-ethyl adjacent to an activating group) is 1. The van der Waals surface area contributed by atoms with Crippen molar-refractivity contribution in [1.82, 2.24) is 5.32 Å². The molecule has 0 radical (unpaired) electrons. The van der Waals surface area contributed by atoms with Crippen LogP contribution in [0.3, 0.4) is 0 Å². The Morgan fingerprint density at radius 1 is 1.27 bits per heavy atom. The van der Waals surface area contributed by atoms with Crippen molar-refractivity contribution in [2.75, 3.05) is 11.9 Å². The van der Waals surface area contributed by atoms with Gasteiger partial charge in [-0.2, -0.15) is 0 Å². The summed E-state index contributed by atoms with van der Waals surface area (Å²) in [5.41, 5.74) is 1.44. The van der Waals surface area contributed by atoms with E-state index in [1.807, 2.05) is 19.1 Å². The molecule has 1 N–H and O–H groups in total. The molecule has 30 heavy (non-hydrogen) atoms. The monoisotopic (exact) mass is 434 g/mol. The number of benzene rings is 2. The number of nitrogens with zero attached hydrogens (tertiary/aromatic N) is 1. The van der Waals surface area contributed by atoms with Gasteiger partial charge in [0.2, 0.25) is 5.91 Å². The quantitative estimate of drug-likeness (QED) is 0.738. The van der Waals surface area contributed by atoms with Crippen molar-refractivity contribution in [3.05, 3.63) is 52.3 Å². The van der Waals surface area contributed by atoms with Crippen LogP contribution in [0.25, 0.3) is 0 Å². The molecule has 160 valence electrons. The van der Waals surface area contributed by atoms with Crippen molar-refractivity contribution in [1.29, 1.82) is 0 Å². The first kappa shape index (κ1) is 21.9. The van der Waals surface area contributed by atoms with Crippen molar-refractivity contribution in [3.63, 3.8) is 0 Å². The molecule has 1 atom stereocenters. The van der Waals surface area contributed by atoms with Crippen LogP contribution < -0.4 is 15.0 Å². The highest BCUT2D eigenvalue weighted by atomic mass is 35.5. The second-order valence-electron chi connectivity index (χ2n) is 8.20. The van der Waals surface area contributed by atoms with Gasteiger partial charge in [-0.25, -0.2) is 9.18 Å². The Morgan fingerprint density at radius 3 is 2.63 bits per heavy atom. The summed E-state index contributed by atoms with van der Waals surface area (Å²) >= 11 is 6.15. The SMILES string of the molecule is Cc1ccc2c(c1Oc1cc(F)ccc1Cl)N(C)C(=O)[C@H](NC(=O)OC(C)(C)C)C2. The number of nitrogens with one attached hydrogen (secondary N) is 1. The molecule has 0 aliphatic carbocycles. The van der Waals surface area contributed by atoms with E-state index in [1.165, 1.54) is 23.1 Å². The summed E-state index contributed by atoms with van der Waals surface area (Å²) in [7, 11) is 1.60. The molecule has 6 nitrogen and oxygen atoms in total. The molecule has 1 heterocycles. The number of fused-ring (bicyclic) bond motifs is 1. The Morgan fingerprint density at radius 2 is 1.97 bits per heavy atom. The Balaban J connectivity index is 1.92. The maximum atomic E-state index is 13.7. The summed E-state index contributed by atoms with van der Waals surface area (Å²) in [5, 5.41) is 2.89. The average Bonchev–Trinajstić information content (AvgIpc) is 2.63. The minimum atomic E-state index is -0.773. The number of hydrogen-bond acceptors (Lipinski definition) is 4. The van der Waals surface area contributed by atoms with Crippen LogP contribution in [0.4, 0.5) is 14.9 Å². The van der Waals surface area contributed by atoms with Crippen molar-refractivity contribution < 1.29 is 23.5 Å². The number of halogens is 2. The topological polar surface area (TPSA) is 67.9 Å². The zero-order chi connectivity index (χ0) is 22.2. The Hall–Kier alpha value is -2.80. The van der Waals surface area contributed by atoms with Crippen LogP contribution in [0, 0.1) is 12.7 Å². The minimum absolute atomic E-state index is 0.156. The summed E-state index contributed by atoms with van der Waals surface area (Å²) in [6.07, 6.45) is -0.390. The molecule has 0 unspecified atom stereocenters. The summed E-state index contributed by atoms with van der Waals surface area (Å²) < 4.78 is 24.9. The van der Waals surface area contributed by atoms with Gasteiger partial charge in [-0.05, 0) is 51.0 Å². The molecule has 0 saturated carbocycles. The van der Waals surface area contributed by atoms with Gasteiger partial charge >= 0.3 is 6.09 Å². The van der Waals surface area contributed by atoms with Gasteiger partial charge in [0, 0.05) is 19.5 Å². The average molecular weight is 435 g/mol. The molecule has 0 saturated heterocycles. The molecule has 0 fully saturated rings. The Kier molecular flexibility index (Phi) is 5.94. The third-order valence-electron chi connectivity index (χ3n) is 4.60. The number of rotatable bonds is 3. The Bertz CT molecular complexity index is 1000. The third-order valence-corrected chi connectivity index (χ3v) is 4.91. The van der Waals surface area contributed by atoms with E-state index in [0.29, 0.717) is 11.4 Å². The van der Waals surface area contributed by atoms with Crippen LogP contribution in [-0.4, -0.2) is 30.7 Å². The highest BCUT2D eigenvalue weighted by molar-refractivity contribution is 6.32. The molecule has 0 aromatic heterocycles. The van der Waals surface area contributed by atoms with Crippen molar-refractivity contribution in [2.24, 2.45) is 0 Å². The molecule has 2 aromatic rings. The zero-order valence-corrected chi connectivity index (χ0v) is 18.3. The molecule has 0 bridgehead atoms. The van der Waals surface area contributed by atoms with Gasteiger partial charge in [0.1, 0.15) is 23.2 Å².